The molecule has 0 aromatic heterocycles. The Morgan fingerprint density at radius 2 is 1.82 bits per heavy atom. The highest BCUT2D eigenvalue weighted by molar-refractivity contribution is 5.74. The summed E-state index contributed by atoms with van der Waals surface area (Å²) in [5.41, 5.74) is 0.115. The van der Waals surface area contributed by atoms with Crippen molar-refractivity contribution in [2.45, 2.75) is 31.1 Å². The first-order valence-electron chi connectivity index (χ1n) is 8.71. The van der Waals surface area contributed by atoms with Crippen molar-refractivity contribution in [2.75, 3.05) is 13.7 Å². The maximum Gasteiger partial charge on any atom is 0.416 e. The van der Waals surface area contributed by atoms with Gasteiger partial charge in [-0.3, -0.25) is 9.69 Å². The van der Waals surface area contributed by atoms with Crippen molar-refractivity contribution in [3.05, 3.63) is 65.0 Å². The average Bonchev–Trinajstić information content (AvgIpc) is 3.11. The first kappa shape index (κ1) is 20.1. The van der Waals surface area contributed by atoms with Gasteiger partial charge in [-0.05, 0) is 48.2 Å². The third kappa shape index (κ3) is 3.96. The van der Waals surface area contributed by atoms with Crippen LogP contribution in [0.25, 0.3) is 0 Å². The van der Waals surface area contributed by atoms with E-state index in [0.29, 0.717) is 30.5 Å². The van der Waals surface area contributed by atoms with Crippen molar-refractivity contribution in [3.63, 3.8) is 0 Å². The molecule has 1 aliphatic rings. The highest BCUT2D eigenvalue weighted by atomic mass is 19.4. The second-order valence-electron chi connectivity index (χ2n) is 6.65. The summed E-state index contributed by atoms with van der Waals surface area (Å²) >= 11 is 0. The van der Waals surface area contributed by atoms with Crippen LogP contribution in [0.4, 0.5) is 17.6 Å². The minimum Gasteiger partial charge on any atom is -0.494 e. The SMILES string of the molecule is COc1ccc(C(c2ccc(C(F)(F)F)cc2)N2CCCC2C(=O)O)cc1F. The summed E-state index contributed by atoms with van der Waals surface area (Å²) in [7, 11) is 1.33. The number of carboxylic acids is 1. The number of alkyl halides is 3. The number of rotatable bonds is 5. The van der Waals surface area contributed by atoms with E-state index in [-0.39, 0.29) is 5.75 Å². The second-order valence-corrected chi connectivity index (χ2v) is 6.65. The van der Waals surface area contributed by atoms with Crippen molar-refractivity contribution in [2.24, 2.45) is 0 Å². The zero-order valence-electron chi connectivity index (χ0n) is 15.0. The van der Waals surface area contributed by atoms with Crippen molar-refractivity contribution in [3.8, 4) is 5.75 Å². The van der Waals surface area contributed by atoms with Gasteiger partial charge in [0, 0.05) is 6.54 Å². The predicted molar refractivity (Wildman–Crippen MR) is 93.6 cm³/mol. The molecule has 3 rings (SSSR count). The zero-order chi connectivity index (χ0) is 20.5. The minimum absolute atomic E-state index is 0.0334. The molecule has 28 heavy (non-hydrogen) atoms. The van der Waals surface area contributed by atoms with Crippen LogP contribution in [0.2, 0.25) is 0 Å². The maximum absolute atomic E-state index is 14.3. The number of carboxylic acid groups (broad SMARTS) is 1. The monoisotopic (exact) mass is 397 g/mol. The second kappa shape index (κ2) is 7.79. The van der Waals surface area contributed by atoms with Gasteiger partial charge >= 0.3 is 12.1 Å². The number of aliphatic carboxylic acids is 1. The van der Waals surface area contributed by atoms with Crippen LogP contribution in [-0.2, 0) is 11.0 Å². The third-order valence-electron chi connectivity index (χ3n) is 4.96. The van der Waals surface area contributed by atoms with E-state index in [1.165, 1.54) is 31.4 Å². The zero-order valence-corrected chi connectivity index (χ0v) is 15.0. The van der Waals surface area contributed by atoms with Crippen LogP contribution in [0.15, 0.2) is 42.5 Å². The van der Waals surface area contributed by atoms with Crippen LogP contribution in [0, 0.1) is 5.82 Å². The van der Waals surface area contributed by atoms with Crippen molar-refractivity contribution in [1.82, 2.24) is 4.90 Å². The van der Waals surface area contributed by atoms with E-state index in [4.69, 9.17) is 4.74 Å². The van der Waals surface area contributed by atoms with Crippen LogP contribution in [0.5, 0.6) is 5.75 Å². The largest absolute Gasteiger partial charge is 0.494 e. The number of methoxy groups -OCH3 is 1. The van der Waals surface area contributed by atoms with E-state index >= 15 is 0 Å². The Kier molecular flexibility index (Phi) is 5.60. The van der Waals surface area contributed by atoms with Crippen LogP contribution in [-0.4, -0.2) is 35.7 Å². The predicted octanol–water partition coefficient (Wildman–Crippen LogP) is 4.49. The molecule has 2 aromatic carbocycles. The molecule has 0 aliphatic carbocycles. The number of ether oxygens (including phenoxy) is 1. The number of hydrogen-bond donors (Lipinski definition) is 1. The van der Waals surface area contributed by atoms with Gasteiger partial charge in [-0.1, -0.05) is 18.2 Å². The van der Waals surface area contributed by atoms with Crippen molar-refractivity contribution < 1.29 is 32.2 Å². The van der Waals surface area contributed by atoms with Crippen molar-refractivity contribution >= 4 is 5.97 Å². The lowest BCUT2D eigenvalue weighted by Gasteiger charge is -2.32. The van der Waals surface area contributed by atoms with Gasteiger partial charge < -0.3 is 9.84 Å². The van der Waals surface area contributed by atoms with Gasteiger partial charge in [0.15, 0.2) is 11.6 Å². The standard InChI is InChI=1S/C20H19F4NO3/c1-28-17-9-6-13(11-15(17)21)18(25-10-2-3-16(25)19(26)27)12-4-7-14(8-5-12)20(22,23)24/h4-9,11,16,18H,2-3,10H2,1H3,(H,26,27). The topological polar surface area (TPSA) is 49.8 Å². The fourth-order valence-electron chi connectivity index (χ4n) is 3.65. The molecule has 1 aliphatic heterocycles. The van der Waals surface area contributed by atoms with Gasteiger partial charge in [0.25, 0.3) is 0 Å². The molecule has 1 heterocycles. The number of carbonyl (C=O) groups is 1. The van der Waals surface area contributed by atoms with E-state index in [0.717, 1.165) is 12.1 Å². The highest BCUT2D eigenvalue weighted by Gasteiger charge is 2.37. The number of nitrogens with zero attached hydrogens (tertiary/aromatic N) is 1. The number of hydrogen-bond acceptors (Lipinski definition) is 3. The lowest BCUT2D eigenvalue weighted by atomic mass is 9.95. The Hall–Kier alpha value is -2.61. The lowest BCUT2D eigenvalue weighted by molar-refractivity contribution is -0.142. The molecular weight excluding hydrogens is 378 g/mol. The Bertz CT molecular complexity index is 852. The molecule has 1 fully saturated rings. The first-order chi connectivity index (χ1) is 13.2. The summed E-state index contributed by atoms with van der Waals surface area (Å²) in [6, 6.07) is 7.30. The third-order valence-corrected chi connectivity index (χ3v) is 4.96. The molecule has 0 radical (unpaired) electrons. The molecule has 4 nitrogen and oxygen atoms in total. The molecule has 0 bridgehead atoms. The molecule has 2 atom stereocenters. The van der Waals surface area contributed by atoms with Crippen LogP contribution in [0.1, 0.15) is 35.6 Å². The van der Waals surface area contributed by atoms with E-state index in [2.05, 4.69) is 0 Å². The molecule has 1 saturated heterocycles. The van der Waals surface area contributed by atoms with Gasteiger partial charge in [-0.25, -0.2) is 4.39 Å². The Morgan fingerprint density at radius 1 is 1.18 bits per heavy atom. The molecular formula is C20H19F4NO3. The normalized spacial score (nSPS) is 18.8. The molecule has 0 amide bonds. The van der Waals surface area contributed by atoms with E-state index < -0.39 is 35.6 Å². The molecule has 150 valence electrons. The Balaban J connectivity index is 2.07. The molecule has 2 unspecified atom stereocenters. The van der Waals surface area contributed by atoms with Gasteiger partial charge in [0.2, 0.25) is 0 Å². The summed E-state index contributed by atoms with van der Waals surface area (Å²) in [6.07, 6.45) is -3.42. The highest BCUT2D eigenvalue weighted by Crippen LogP contribution is 2.37. The van der Waals surface area contributed by atoms with Gasteiger partial charge in [-0.2, -0.15) is 13.2 Å². The fraction of sp³-hybridized carbons (Fsp3) is 0.350. The maximum atomic E-state index is 14.3. The van der Waals surface area contributed by atoms with Crippen LogP contribution < -0.4 is 4.74 Å². The summed E-state index contributed by atoms with van der Waals surface area (Å²) < 4.78 is 57.9. The Labute approximate surface area is 159 Å². The molecule has 0 saturated carbocycles. The average molecular weight is 397 g/mol. The minimum atomic E-state index is -4.47. The molecule has 1 N–H and O–H groups in total. The molecule has 2 aromatic rings. The first-order valence-corrected chi connectivity index (χ1v) is 8.71. The van der Waals surface area contributed by atoms with Crippen LogP contribution >= 0.6 is 0 Å². The number of benzene rings is 2. The van der Waals surface area contributed by atoms with E-state index in [1.54, 1.807) is 11.0 Å². The van der Waals surface area contributed by atoms with Crippen molar-refractivity contribution in [1.29, 1.82) is 0 Å². The van der Waals surface area contributed by atoms with Crippen LogP contribution in [0.3, 0.4) is 0 Å². The molecule has 0 spiro atoms. The van der Waals surface area contributed by atoms with Gasteiger partial charge in [-0.15, -0.1) is 0 Å². The summed E-state index contributed by atoms with van der Waals surface area (Å²) in [5.74, 6) is -1.60. The Morgan fingerprint density at radius 3 is 2.36 bits per heavy atom. The quantitative estimate of drug-likeness (QED) is 0.756. The number of likely N-dealkylation sites (tertiary alicyclic amines) is 1. The lowest BCUT2D eigenvalue weighted by Crippen LogP contribution is -2.39. The van der Waals surface area contributed by atoms with E-state index in [1.807, 2.05) is 0 Å². The molecule has 8 heteroatoms. The smallest absolute Gasteiger partial charge is 0.416 e. The van der Waals surface area contributed by atoms with E-state index in [9.17, 15) is 27.5 Å². The fourth-order valence-corrected chi connectivity index (χ4v) is 3.65. The summed E-state index contributed by atoms with van der Waals surface area (Å²) in [5, 5.41) is 9.53. The van der Waals surface area contributed by atoms with Gasteiger partial charge in [0.05, 0.1) is 18.7 Å². The number of halogens is 4. The van der Waals surface area contributed by atoms with Gasteiger partial charge in [0.1, 0.15) is 6.04 Å². The summed E-state index contributed by atoms with van der Waals surface area (Å²) in [6.45, 7) is 0.441. The summed E-state index contributed by atoms with van der Waals surface area (Å²) in [4.78, 5) is 13.3.